The van der Waals surface area contributed by atoms with E-state index in [-0.39, 0.29) is 11.9 Å². The third-order valence-electron chi connectivity index (χ3n) is 1.50. The van der Waals surface area contributed by atoms with Gasteiger partial charge in [-0.2, -0.15) is 11.3 Å². The first-order valence-corrected chi connectivity index (χ1v) is 5.45. The molecule has 2 nitrogen and oxygen atoms in total. The Hall–Kier alpha value is -0.540. The number of carbonyl (C=O) groups excluding carboxylic acids is 1. The van der Waals surface area contributed by atoms with Gasteiger partial charge >= 0.3 is 0 Å². The molecule has 0 saturated heterocycles. The second-order valence-corrected chi connectivity index (χ2v) is 4.30. The number of alkyl halides is 1. The molecule has 0 aliphatic carbocycles. The first-order valence-electron chi connectivity index (χ1n) is 4.08. The van der Waals surface area contributed by atoms with Gasteiger partial charge in [0.15, 0.2) is 0 Å². The first kappa shape index (κ1) is 10.5. The summed E-state index contributed by atoms with van der Waals surface area (Å²) < 4.78 is 0. The molecule has 0 aliphatic heterocycles. The predicted molar refractivity (Wildman–Crippen MR) is 56.2 cm³/mol. The van der Waals surface area contributed by atoms with Gasteiger partial charge in [-0.25, -0.2) is 0 Å². The third-order valence-corrected chi connectivity index (χ3v) is 2.65. The lowest BCUT2D eigenvalue weighted by Crippen LogP contribution is -2.32. The zero-order valence-electron chi connectivity index (χ0n) is 7.58. The van der Waals surface area contributed by atoms with Gasteiger partial charge in [0.05, 0.1) is 0 Å². The molecule has 0 fully saturated rings. The van der Waals surface area contributed by atoms with Crippen molar-refractivity contribution in [1.82, 2.24) is 5.32 Å². The van der Waals surface area contributed by atoms with E-state index >= 15 is 0 Å². The molecule has 1 amide bonds. The summed E-state index contributed by atoms with van der Waals surface area (Å²) in [4.78, 5) is 11.4. The summed E-state index contributed by atoms with van der Waals surface area (Å²) in [6.45, 7) is 3.82. The van der Waals surface area contributed by atoms with Gasteiger partial charge in [0, 0.05) is 6.04 Å². The van der Waals surface area contributed by atoms with Crippen LogP contribution in [0.25, 0.3) is 0 Å². The number of nitrogens with one attached hydrogen (secondary N) is 1. The number of halogens is 1. The molecule has 1 unspecified atom stereocenters. The van der Waals surface area contributed by atoms with Crippen molar-refractivity contribution in [3.8, 4) is 0 Å². The van der Waals surface area contributed by atoms with E-state index < -0.39 is 5.38 Å². The fourth-order valence-corrected chi connectivity index (χ4v) is 1.89. The Morgan fingerprint density at radius 3 is 2.77 bits per heavy atom. The molecule has 1 rings (SSSR count). The molecule has 1 N–H and O–H groups in total. The van der Waals surface area contributed by atoms with Gasteiger partial charge in [0.2, 0.25) is 5.91 Å². The summed E-state index contributed by atoms with van der Waals surface area (Å²) in [5.74, 6) is -0.130. The standard InChI is InChI=1S/C9H12ClNOS/c1-6(2)11-9(12)8(10)7-3-4-13-5-7/h3-6,8H,1-2H3,(H,11,12). The zero-order chi connectivity index (χ0) is 9.84. The summed E-state index contributed by atoms with van der Waals surface area (Å²) in [6, 6.07) is 2.00. The Kier molecular flexibility index (Phi) is 3.75. The molecule has 1 heterocycles. The lowest BCUT2D eigenvalue weighted by atomic mass is 10.2. The van der Waals surface area contributed by atoms with Crippen LogP contribution in [0.2, 0.25) is 0 Å². The molecule has 13 heavy (non-hydrogen) atoms. The summed E-state index contributed by atoms with van der Waals surface area (Å²) in [6.07, 6.45) is 0. The van der Waals surface area contributed by atoms with Gasteiger partial charge in [-0.15, -0.1) is 11.6 Å². The lowest BCUT2D eigenvalue weighted by Gasteiger charge is -2.11. The van der Waals surface area contributed by atoms with Crippen LogP contribution in [0.15, 0.2) is 16.8 Å². The van der Waals surface area contributed by atoms with E-state index in [0.717, 1.165) is 5.56 Å². The Morgan fingerprint density at radius 2 is 2.31 bits per heavy atom. The van der Waals surface area contributed by atoms with E-state index in [4.69, 9.17) is 11.6 Å². The van der Waals surface area contributed by atoms with Crippen molar-refractivity contribution in [2.75, 3.05) is 0 Å². The number of hydrogen-bond donors (Lipinski definition) is 1. The average molecular weight is 218 g/mol. The second kappa shape index (κ2) is 4.63. The lowest BCUT2D eigenvalue weighted by molar-refractivity contribution is -0.121. The molecule has 72 valence electrons. The number of hydrogen-bond acceptors (Lipinski definition) is 2. The smallest absolute Gasteiger partial charge is 0.242 e. The Balaban J connectivity index is 2.58. The van der Waals surface area contributed by atoms with Gasteiger partial charge in [0.1, 0.15) is 5.38 Å². The van der Waals surface area contributed by atoms with Gasteiger partial charge in [-0.05, 0) is 36.2 Å². The fourth-order valence-electron chi connectivity index (χ4n) is 0.928. The van der Waals surface area contributed by atoms with Crippen molar-refractivity contribution in [3.05, 3.63) is 22.4 Å². The minimum atomic E-state index is -0.561. The molecular weight excluding hydrogens is 206 g/mol. The van der Waals surface area contributed by atoms with E-state index in [1.165, 1.54) is 11.3 Å². The molecule has 0 radical (unpaired) electrons. The molecule has 1 aromatic rings. The predicted octanol–water partition coefficient (Wildman–Crippen LogP) is 2.55. The maximum Gasteiger partial charge on any atom is 0.242 e. The van der Waals surface area contributed by atoms with Gasteiger partial charge in [0.25, 0.3) is 0 Å². The van der Waals surface area contributed by atoms with Crippen molar-refractivity contribution in [2.45, 2.75) is 25.3 Å². The Morgan fingerprint density at radius 1 is 1.62 bits per heavy atom. The SMILES string of the molecule is CC(C)NC(=O)C(Cl)c1ccsc1. The van der Waals surface area contributed by atoms with E-state index in [1.807, 2.05) is 30.7 Å². The van der Waals surface area contributed by atoms with E-state index in [0.29, 0.717) is 0 Å². The van der Waals surface area contributed by atoms with Crippen molar-refractivity contribution in [1.29, 1.82) is 0 Å². The van der Waals surface area contributed by atoms with Gasteiger partial charge in [-0.1, -0.05) is 0 Å². The van der Waals surface area contributed by atoms with Crippen LogP contribution < -0.4 is 5.32 Å². The largest absolute Gasteiger partial charge is 0.352 e. The molecule has 0 bridgehead atoms. The number of rotatable bonds is 3. The maximum absolute atomic E-state index is 11.4. The minimum absolute atomic E-state index is 0.130. The van der Waals surface area contributed by atoms with E-state index in [2.05, 4.69) is 5.32 Å². The van der Waals surface area contributed by atoms with Crippen molar-refractivity contribution in [2.24, 2.45) is 0 Å². The van der Waals surface area contributed by atoms with Crippen LogP contribution in [0.3, 0.4) is 0 Å². The highest BCUT2D eigenvalue weighted by atomic mass is 35.5. The van der Waals surface area contributed by atoms with Crippen LogP contribution in [0.1, 0.15) is 24.8 Å². The molecule has 1 aromatic heterocycles. The fraction of sp³-hybridized carbons (Fsp3) is 0.444. The maximum atomic E-state index is 11.4. The van der Waals surface area contributed by atoms with Crippen LogP contribution in [-0.4, -0.2) is 11.9 Å². The van der Waals surface area contributed by atoms with E-state index in [1.54, 1.807) is 0 Å². The second-order valence-electron chi connectivity index (χ2n) is 3.08. The van der Waals surface area contributed by atoms with E-state index in [9.17, 15) is 4.79 Å². The normalized spacial score (nSPS) is 12.9. The highest BCUT2D eigenvalue weighted by Gasteiger charge is 2.17. The third kappa shape index (κ3) is 3.01. The van der Waals surface area contributed by atoms with Crippen molar-refractivity contribution >= 4 is 28.8 Å². The molecule has 0 saturated carbocycles. The monoisotopic (exact) mass is 217 g/mol. The molecular formula is C9H12ClNOS. The average Bonchev–Trinajstić information content (AvgIpc) is 2.53. The van der Waals surface area contributed by atoms with Crippen LogP contribution in [0, 0.1) is 0 Å². The van der Waals surface area contributed by atoms with Crippen molar-refractivity contribution < 1.29 is 4.79 Å². The van der Waals surface area contributed by atoms with Crippen LogP contribution in [0.4, 0.5) is 0 Å². The van der Waals surface area contributed by atoms with Crippen molar-refractivity contribution in [3.63, 3.8) is 0 Å². The van der Waals surface area contributed by atoms with Crippen LogP contribution in [-0.2, 0) is 4.79 Å². The number of amides is 1. The van der Waals surface area contributed by atoms with Gasteiger partial charge < -0.3 is 5.32 Å². The first-order chi connectivity index (χ1) is 6.11. The number of thiophene rings is 1. The highest BCUT2D eigenvalue weighted by Crippen LogP contribution is 2.22. The summed E-state index contributed by atoms with van der Waals surface area (Å²) in [5, 5.41) is 6.00. The highest BCUT2D eigenvalue weighted by molar-refractivity contribution is 7.08. The Bertz CT molecular complexity index is 271. The van der Waals surface area contributed by atoms with Crippen LogP contribution in [0.5, 0.6) is 0 Å². The quantitative estimate of drug-likeness (QED) is 0.775. The summed E-state index contributed by atoms with van der Waals surface area (Å²) >= 11 is 7.48. The Labute approximate surface area is 86.9 Å². The molecule has 0 aromatic carbocycles. The summed E-state index contributed by atoms with van der Waals surface area (Å²) in [5.41, 5.74) is 0.866. The molecule has 4 heteroatoms. The molecule has 1 atom stereocenters. The summed E-state index contributed by atoms with van der Waals surface area (Å²) in [7, 11) is 0. The number of carbonyl (C=O) groups is 1. The van der Waals surface area contributed by atoms with Crippen LogP contribution >= 0.6 is 22.9 Å². The topological polar surface area (TPSA) is 29.1 Å². The van der Waals surface area contributed by atoms with Gasteiger partial charge in [-0.3, -0.25) is 4.79 Å². The molecule has 0 spiro atoms. The zero-order valence-corrected chi connectivity index (χ0v) is 9.15. The molecule has 0 aliphatic rings. The minimum Gasteiger partial charge on any atom is -0.352 e.